The maximum atomic E-state index is 3.66. The molecule has 102 valence electrons. The van der Waals surface area contributed by atoms with Gasteiger partial charge in [-0.15, -0.1) is 11.3 Å². The van der Waals surface area contributed by atoms with Gasteiger partial charge >= 0.3 is 0 Å². The van der Waals surface area contributed by atoms with E-state index < -0.39 is 0 Å². The van der Waals surface area contributed by atoms with E-state index >= 15 is 0 Å². The average molecular weight is 338 g/mol. The first-order chi connectivity index (χ1) is 9.19. The SMILES string of the molecule is CCCNC(Cc1ccc(Br)cc1)c1csc(C)c1. The minimum atomic E-state index is 0.422. The molecule has 1 unspecified atom stereocenters. The molecule has 1 nitrogen and oxygen atoms in total. The molecule has 0 bridgehead atoms. The summed E-state index contributed by atoms with van der Waals surface area (Å²) in [5, 5.41) is 5.94. The number of benzene rings is 1. The third-order valence-corrected chi connectivity index (χ3v) is 4.56. The lowest BCUT2D eigenvalue weighted by molar-refractivity contribution is 0.530. The van der Waals surface area contributed by atoms with Crippen molar-refractivity contribution in [2.75, 3.05) is 6.54 Å². The molecule has 2 rings (SSSR count). The molecule has 0 amide bonds. The quantitative estimate of drug-likeness (QED) is 0.772. The lowest BCUT2D eigenvalue weighted by Crippen LogP contribution is -2.23. The van der Waals surface area contributed by atoms with E-state index in [2.05, 4.69) is 70.8 Å². The zero-order valence-corrected chi connectivity index (χ0v) is 13.9. The molecule has 19 heavy (non-hydrogen) atoms. The summed E-state index contributed by atoms with van der Waals surface area (Å²) >= 11 is 5.32. The number of hydrogen-bond acceptors (Lipinski definition) is 2. The van der Waals surface area contributed by atoms with Crippen LogP contribution in [0.25, 0.3) is 0 Å². The van der Waals surface area contributed by atoms with Crippen LogP contribution in [0.1, 0.15) is 35.4 Å². The summed E-state index contributed by atoms with van der Waals surface area (Å²) in [4.78, 5) is 1.38. The van der Waals surface area contributed by atoms with Gasteiger partial charge in [-0.05, 0) is 61.0 Å². The molecule has 1 aromatic heterocycles. The third-order valence-electron chi connectivity index (χ3n) is 3.15. The zero-order valence-electron chi connectivity index (χ0n) is 11.4. The summed E-state index contributed by atoms with van der Waals surface area (Å²) in [5.74, 6) is 0. The maximum Gasteiger partial charge on any atom is 0.0369 e. The van der Waals surface area contributed by atoms with Gasteiger partial charge in [0.1, 0.15) is 0 Å². The second-order valence-corrected chi connectivity index (χ2v) is 6.86. The van der Waals surface area contributed by atoms with Gasteiger partial charge < -0.3 is 5.32 Å². The second-order valence-electron chi connectivity index (χ2n) is 4.83. The van der Waals surface area contributed by atoms with Crippen LogP contribution in [-0.2, 0) is 6.42 Å². The normalized spacial score (nSPS) is 12.6. The minimum Gasteiger partial charge on any atom is -0.310 e. The van der Waals surface area contributed by atoms with Crippen molar-refractivity contribution in [2.24, 2.45) is 0 Å². The molecule has 0 aliphatic heterocycles. The highest BCUT2D eigenvalue weighted by Crippen LogP contribution is 2.24. The minimum absolute atomic E-state index is 0.422. The van der Waals surface area contributed by atoms with Crippen molar-refractivity contribution in [3.63, 3.8) is 0 Å². The third kappa shape index (κ3) is 4.44. The van der Waals surface area contributed by atoms with E-state index in [-0.39, 0.29) is 0 Å². The summed E-state index contributed by atoms with van der Waals surface area (Å²) < 4.78 is 1.14. The Morgan fingerprint density at radius 1 is 1.26 bits per heavy atom. The van der Waals surface area contributed by atoms with Crippen molar-refractivity contribution in [1.29, 1.82) is 0 Å². The lowest BCUT2D eigenvalue weighted by atomic mass is 10.0. The van der Waals surface area contributed by atoms with Gasteiger partial charge in [0, 0.05) is 15.4 Å². The van der Waals surface area contributed by atoms with Crippen LogP contribution in [0.4, 0.5) is 0 Å². The summed E-state index contributed by atoms with van der Waals surface area (Å²) in [7, 11) is 0. The highest BCUT2D eigenvalue weighted by molar-refractivity contribution is 9.10. The van der Waals surface area contributed by atoms with E-state index in [0.717, 1.165) is 17.4 Å². The molecule has 1 heterocycles. The molecule has 1 atom stereocenters. The van der Waals surface area contributed by atoms with E-state index in [9.17, 15) is 0 Å². The monoisotopic (exact) mass is 337 g/mol. The fraction of sp³-hybridized carbons (Fsp3) is 0.375. The smallest absolute Gasteiger partial charge is 0.0369 e. The largest absolute Gasteiger partial charge is 0.310 e. The van der Waals surface area contributed by atoms with Crippen molar-refractivity contribution in [3.8, 4) is 0 Å². The molecule has 1 N–H and O–H groups in total. The molecule has 0 radical (unpaired) electrons. The predicted molar refractivity (Wildman–Crippen MR) is 87.9 cm³/mol. The number of halogens is 1. The van der Waals surface area contributed by atoms with Crippen molar-refractivity contribution in [3.05, 3.63) is 56.2 Å². The van der Waals surface area contributed by atoms with Crippen LogP contribution in [0.15, 0.2) is 40.2 Å². The molecule has 0 saturated carbocycles. The van der Waals surface area contributed by atoms with Gasteiger partial charge in [-0.1, -0.05) is 35.0 Å². The number of nitrogens with one attached hydrogen (secondary N) is 1. The molecular formula is C16H20BrNS. The van der Waals surface area contributed by atoms with Gasteiger partial charge in [0.2, 0.25) is 0 Å². The number of aryl methyl sites for hydroxylation is 1. The molecule has 2 aromatic rings. The van der Waals surface area contributed by atoms with Gasteiger partial charge in [-0.25, -0.2) is 0 Å². The Balaban J connectivity index is 2.11. The Hall–Kier alpha value is -0.640. The van der Waals surface area contributed by atoms with E-state index in [1.54, 1.807) is 0 Å². The van der Waals surface area contributed by atoms with Crippen LogP contribution in [0.5, 0.6) is 0 Å². The maximum absolute atomic E-state index is 3.66. The highest BCUT2D eigenvalue weighted by Gasteiger charge is 2.12. The predicted octanol–water partition coefficient (Wildman–Crippen LogP) is 5.10. The first-order valence-electron chi connectivity index (χ1n) is 6.72. The zero-order chi connectivity index (χ0) is 13.7. The standard InChI is InChI=1S/C16H20BrNS/c1-3-8-18-16(14-9-12(2)19-11-14)10-13-4-6-15(17)7-5-13/h4-7,9,11,16,18H,3,8,10H2,1-2H3. The van der Waals surface area contributed by atoms with Gasteiger partial charge in [0.25, 0.3) is 0 Å². The fourth-order valence-electron chi connectivity index (χ4n) is 2.13. The van der Waals surface area contributed by atoms with E-state index in [1.807, 2.05) is 11.3 Å². The van der Waals surface area contributed by atoms with Gasteiger partial charge in [-0.3, -0.25) is 0 Å². The Morgan fingerprint density at radius 3 is 2.58 bits per heavy atom. The van der Waals surface area contributed by atoms with E-state index in [4.69, 9.17) is 0 Å². The summed E-state index contributed by atoms with van der Waals surface area (Å²) in [6.45, 7) is 5.45. The van der Waals surface area contributed by atoms with Gasteiger partial charge in [0.15, 0.2) is 0 Å². The van der Waals surface area contributed by atoms with Crippen LogP contribution in [0, 0.1) is 6.92 Å². The molecule has 1 aromatic carbocycles. The molecule has 3 heteroatoms. The molecular weight excluding hydrogens is 318 g/mol. The fourth-order valence-corrected chi connectivity index (χ4v) is 3.15. The van der Waals surface area contributed by atoms with Gasteiger partial charge in [-0.2, -0.15) is 0 Å². The molecule has 0 fully saturated rings. The summed E-state index contributed by atoms with van der Waals surface area (Å²) in [6, 6.07) is 11.4. The van der Waals surface area contributed by atoms with Crippen LogP contribution < -0.4 is 5.32 Å². The Morgan fingerprint density at radius 2 is 2.00 bits per heavy atom. The number of hydrogen-bond donors (Lipinski definition) is 1. The van der Waals surface area contributed by atoms with Crippen LogP contribution in [-0.4, -0.2) is 6.54 Å². The lowest BCUT2D eigenvalue weighted by Gasteiger charge is -2.17. The Kier molecular flexibility index (Phi) is 5.61. The highest BCUT2D eigenvalue weighted by atomic mass is 79.9. The van der Waals surface area contributed by atoms with Crippen LogP contribution in [0.2, 0.25) is 0 Å². The summed E-state index contributed by atoms with van der Waals surface area (Å²) in [6.07, 6.45) is 2.21. The van der Waals surface area contributed by atoms with E-state index in [0.29, 0.717) is 6.04 Å². The first-order valence-corrected chi connectivity index (χ1v) is 8.39. The topological polar surface area (TPSA) is 12.0 Å². The van der Waals surface area contributed by atoms with E-state index in [1.165, 1.54) is 22.4 Å². The van der Waals surface area contributed by atoms with Crippen LogP contribution >= 0.6 is 27.3 Å². The Bertz CT molecular complexity index is 504. The summed E-state index contributed by atoms with van der Waals surface area (Å²) in [5.41, 5.74) is 2.79. The average Bonchev–Trinajstić information content (AvgIpc) is 2.83. The van der Waals surface area contributed by atoms with Crippen LogP contribution in [0.3, 0.4) is 0 Å². The number of thiophene rings is 1. The van der Waals surface area contributed by atoms with Crippen molar-refractivity contribution in [1.82, 2.24) is 5.32 Å². The van der Waals surface area contributed by atoms with Gasteiger partial charge in [0.05, 0.1) is 0 Å². The second kappa shape index (κ2) is 7.22. The molecule has 0 spiro atoms. The van der Waals surface area contributed by atoms with Crippen molar-refractivity contribution >= 4 is 27.3 Å². The molecule has 0 aliphatic rings. The van der Waals surface area contributed by atoms with Crippen molar-refractivity contribution in [2.45, 2.75) is 32.7 Å². The molecule has 0 aliphatic carbocycles. The number of rotatable bonds is 6. The van der Waals surface area contributed by atoms with Crippen molar-refractivity contribution < 1.29 is 0 Å². The molecule has 0 saturated heterocycles. The first kappa shape index (κ1) is 14.8. The Labute approximate surface area is 128 Å².